The minimum absolute atomic E-state index is 0.00907. The molecule has 0 atom stereocenters. The number of aliphatic carboxylic acids is 1. The summed E-state index contributed by atoms with van der Waals surface area (Å²) in [6.07, 6.45) is 11.9. The van der Waals surface area contributed by atoms with E-state index in [1.165, 1.54) is 0 Å². The summed E-state index contributed by atoms with van der Waals surface area (Å²) in [7, 11) is 0. The number of carboxylic acids is 1. The van der Waals surface area contributed by atoms with Crippen LogP contribution in [0.5, 0.6) is 0 Å². The van der Waals surface area contributed by atoms with Crippen molar-refractivity contribution in [3.05, 3.63) is 89.1 Å². The largest absolute Gasteiger partial charge is 0.481 e. The van der Waals surface area contributed by atoms with Crippen LogP contribution in [0.2, 0.25) is 0 Å². The lowest BCUT2D eigenvalue weighted by atomic mass is 9.97. The molecule has 7 heteroatoms. The van der Waals surface area contributed by atoms with E-state index in [9.17, 15) is 14.9 Å². The molecule has 2 heterocycles. The second-order valence-corrected chi connectivity index (χ2v) is 10.7. The van der Waals surface area contributed by atoms with Gasteiger partial charge in [0.2, 0.25) is 0 Å². The number of nitrogens with zero attached hydrogens (tertiary/aromatic N) is 4. The standard InChI is InChI=1S/C35H40N4O3/c1-3-5-6-7-12-26(4-2)34-27(13-9-11-16-33(40)41)23-30-24-28(17-18-31(30)37-34)35(42)39-21-19-38(20-22-39)32-15-10-8-14-29(32)25-36/h4,7-8,10,12,14-15,17-18,23-24H,3,5-6,9,11,13,16,19-22H2,1-2H3,(H,40,41). The molecule has 42 heavy (non-hydrogen) atoms. The molecule has 0 unspecified atom stereocenters. The molecule has 0 bridgehead atoms. The van der Waals surface area contributed by atoms with E-state index in [-0.39, 0.29) is 12.3 Å². The predicted molar refractivity (Wildman–Crippen MR) is 169 cm³/mol. The van der Waals surface area contributed by atoms with Crippen molar-refractivity contribution >= 4 is 34.0 Å². The Morgan fingerprint density at radius 1 is 1.05 bits per heavy atom. The maximum absolute atomic E-state index is 13.5. The van der Waals surface area contributed by atoms with Gasteiger partial charge in [0, 0.05) is 43.5 Å². The fourth-order valence-electron chi connectivity index (χ4n) is 5.41. The Morgan fingerprint density at radius 3 is 2.55 bits per heavy atom. The molecule has 1 aromatic heterocycles. The molecule has 1 aliphatic heterocycles. The summed E-state index contributed by atoms with van der Waals surface area (Å²) in [6, 6.07) is 17.7. The number of carbonyl (C=O) groups is 2. The SMILES string of the molecule is CC=C(C=CCCCC)c1nc2ccc(C(=O)N3CCN(c4ccccc4C#N)CC3)cc2cc1CCCCC(=O)O. The van der Waals surface area contributed by atoms with Gasteiger partial charge in [-0.15, -0.1) is 0 Å². The minimum atomic E-state index is -0.780. The predicted octanol–water partition coefficient (Wildman–Crippen LogP) is 7.02. The van der Waals surface area contributed by atoms with Gasteiger partial charge < -0.3 is 14.9 Å². The number of aromatic nitrogens is 1. The number of aryl methyl sites for hydroxylation is 1. The van der Waals surface area contributed by atoms with Crippen LogP contribution in [0.25, 0.3) is 16.5 Å². The number of hydrogen-bond acceptors (Lipinski definition) is 5. The first-order valence-corrected chi connectivity index (χ1v) is 15.0. The highest BCUT2D eigenvalue weighted by atomic mass is 16.4. The molecule has 0 radical (unpaired) electrons. The zero-order valence-corrected chi connectivity index (χ0v) is 24.7. The molecule has 1 N–H and O–H groups in total. The monoisotopic (exact) mass is 564 g/mol. The number of hydrogen-bond donors (Lipinski definition) is 1. The Hall–Kier alpha value is -4.44. The first kappa shape index (κ1) is 30.5. The summed E-state index contributed by atoms with van der Waals surface area (Å²) in [6.45, 7) is 6.69. The highest BCUT2D eigenvalue weighted by Crippen LogP contribution is 2.27. The van der Waals surface area contributed by atoms with Crippen LogP contribution in [0.1, 0.15) is 79.6 Å². The number of pyridine rings is 1. The number of carbonyl (C=O) groups excluding carboxylic acids is 1. The second-order valence-electron chi connectivity index (χ2n) is 10.7. The maximum Gasteiger partial charge on any atom is 0.303 e. The molecule has 4 rings (SSSR count). The fourth-order valence-corrected chi connectivity index (χ4v) is 5.41. The number of carboxylic acid groups (broad SMARTS) is 1. The summed E-state index contributed by atoms with van der Waals surface area (Å²) in [5.74, 6) is -0.789. The molecule has 0 saturated carbocycles. The average molecular weight is 565 g/mol. The summed E-state index contributed by atoms with van der Waals surface area (Å²) in [5.41, 5.74) is 6.06. The van der Waals surface area contributed by atoms with Crippen LogP contribution in [0.3, 0.4) is 0 Å². The van der Waals surface area contributed by atoms with Crippen LogP contribution in [0, 0.1) is 11.3 Å². The van der Waals surface area contributed by atoms with Crippen LogP contribution in [-0.4, -0.2) is 53.0 Å². The van der Waals surface area contributed by atoms with E-state index >= 15 is 0 Å². The zero-order chi connectivity index (χ0) is 29.9. The van der Waals surface area contributed by atoms with Gasteiger partial charge in [0.05, 0.1) is 22.5 Å². The van der Waals surface area contributed by atoms with Crippen LogP contribution in [0.15, 0.2) is 66.8 Å². The van der Waals surface area contributed by atoms with Gasteiger partial charge in [0.25, 0.3) is 5.91 Å². The van der Waals surface area contributed by atoms with Gasteiger partial charge in [-0.1, -0.05) is 50.1 Å². The van der Waals surface area contributed by atoms with Crippen molar-refractivity contribution in [1.82, 2.24) is 9.88 Å². The van der Waals surface area contributed by atoms with Gasteiger partial charge >= 0.3 is 5.97 Å². The van der Waals surface area contributed by atoms with Crippen molar-refractivity contribution in [3.63, 3.8) is 0 Å². The van der Waals surface area contributed by atoms with Gasteiger partial charge in [-0.25, -0.2) is 4.98 Å². The molecule has 2 aromatic carbocycles. The van der Waals surface area contributed by atoms with Crippen molar-refractivity contribution in [3.8, 4) is 6.07 Å². The minimum Gasteiger partial charge on any atom is -0.481 e. The van der Waals surface area contributed by atoms with Crippen LogP contribution < -0.4 is 4.90 Å². The van der Waals surface area contributed by atoms with Crippen LogP contribution >= 0.6 is 0 Å². The van der Waals surface area contributed by atoms with E-state index in [1.807, 2.05) is 54.3 Å². The summed E-state index contributed by atoms with van der Waals surface area (Å²) in [5, 5.41) is 19.5. The van der Waals surface area contributed by atoms with E-state index in [0.29, 0.717) is 43.7 Å². The lowest BCUT2D eigenvalue weighted by Crippen LogP contribution is -2.49. The first-order valence-electron chi connectivity index (χ1n) is 15.0. The third-order valence-corrected chi connectivity index (χ3v) is 7.77. The van der Waals surface area contributed by atoms with Gasteiger partial charge in [0.1, 0.15) is 6.07 Å². The zero-order valence-electron chi connectivity index (χ0n) is 24.7. The number of piperazine rings is 1. The van der Waals surface area contributed by atoms with Crippen LogP contribution in [-0.2, 0) is 11.2 Å². The molecule has 218 valence electrons. The molecular formula is C35H40N4O3. The number of para-hydroxylation sites is 1. The van der Waals surface area contributed by atoms with Crippen LogP contribution in [0.4, 0.5) is 5.69 Å². The van der Waals surface area contributed by atoms with Gasteiger partial charge in [-0.2, -0.15) is 5.26 Å². The van der Waals surface area contributed by atoms with Gasteiger partial charge in [0.15, 0.2) is 0 Å². The van der Waals surface area contributed by atoms with Crippen molar-refractivity contribution in [2.75, 3.05) is 31.1 Å². The molecule has 7 nitrogen and oxygen atoms in total. The highest BCUT2D eigenvalue weighted by molar-refractivity contribution is 5.98. The highest BCUT2D eigenvalue weighted by Gasteiger charge is 2.24. The number of benzene rings is 2. The number of anilines is 1. The molecule has 1 saturated heterocycles. The van der Waals surface area contributed by atoms with E-state index in [2.05, 4.69) is 42.2 Å². The molecule has 3 aromatic rings. The molecule has 0 aliphatic carbocycles. The fraction of sp³-hybridized carbons (Fsp3) is 0.371. The Bertz CT molecular complexity index is 1510. The van der Waals surface area contributed by atoms with Crippen molar-refractivity contribution in [2.45, 2.75) is 58.8 Å². The van der Waals surface area contributed by atoms with E-state index < -0.39 is 5.97 Å². The number of rotatable bonds is 12. The van der Waals surface area contributed by atoms with E-state index in [0.717, 1.165) is 65.5 Å². The van der Waals surface area contributed by atoms with Gasteiger partial charge in [-0.3, -0.25) is 9.59 Å². The third-order valence-electron chi connectivity index (χ3n) is 7.77. The van der Waals surface area contributed by atoms with Crippen molar-refractivity contribution in [2.24, 2.45) is 0 Å². The lowest BCUT2D eigenvalue weighted by Gasteiger charge is -2.36. The Kier molecular flexibility index (Phi) is 10.9. The summed E-state index contributed by atoms with van der Waals surface area (Å²) >= 11 is 0. The average Bonchev–Trinajstić information content (AvgIpc) is 3.02. The first-order chi connectivity index (χ1) is 20.4. The molecule has 1 aliphatic rings. The number of nitriles is 1. The Labute approximate surface area is 248 Å². The normalized spacial score (nSPS) is 14.0. The maximum atomic E-state index is 13.5. The Morgan fingerprint density at radius 2 is 1.83 bits per heavy atom. The number of unbranched alkanes of at least 4 members (excludes halogenated alkanes) is 3. The van der Waals surface area contributed by atoms with Crippen molar-refractivity contribution < 1.29 is 14.7 Å². The number of fused-ring (bicyclic) bond motifs is 1. The smallest absolute Gasteiger partial charge is 0.303 e. The number of allylic oxidation sites excluding steroid dienone is 4. The molecule has 1 fully saturated rings. The summed E-state index contributed by atoms with van der Waals surface area (Å²) < 4.78 is 0. The lowest BCUT2D eigenvalue weighted by molar-refractivity contribution is -0.137. The summed E-state index contributed by atoms with van der Waals surface area (Å²) in [4.78, 5) is 33.7. The molecular weight excluding hydrogens is 524 g/mol. The Balaban J connectivity index is 1.55. The molecule has 1 amide bonds. The number of amides is 1. The third kappa shape index (κ3) is 7.64. The second kappa shape index (κ2) is 15.0. The molecule has 0 spiro atoms. The topological polar surface area (TPSA) is 97.5 Å². The van der Waals surface area contributed by atoms with Gasteiger partial charge in [-0.05, 0) is 80.1 Å². The van der Waals surface area contributed by atoms with E-state index in [4.69, 9.17) is 10.1 Å². The quantitative estimate of drug-likeness (QED) is 0.188. The van der Waals surface area contributed by atoms with Crippen molar-refractivity contribution in [1.29, 1.82) is 5.26 Å². The van der Waals surface area contributed by atoms with E-state index in [1.54, 1.807) is 0 Å².